The minimum absolute atomic E-state index is 0.149. The highest BCUT2D eigenvalue weighted by Crippen LogP contribution is 2.14. The lowest BCUT2D eigenvalue weighted by Crippen LogP contribution is -2.27. The van der Waals surface area contributed by atoms with E-state index < -0.39 is 0 Å². The van der Waals surface area contributed by atoms with Gasteiger partial charge >= 0.3 is 0 Å². The summed E-state index contributed by atoms with van der Waals surface area (Å²) in [6.45, 7) is 10.0. The van der Waals surface area contributed by atoms with E-state index in [9.17, 15) is 4.79 Å². The molecule has 0 saturated heterocycles. The summed E-state index contributed by atoms with van der Waals surface area (Å²) in [4.78, 5) is 25.9. The van der Waals surface area contributed by atoms with E-state index in [0.717, 1.165) is 11.1 Å². The van der Waals surface area contributed by atoms with Crippen LogP contribution in [0.5, 0.6) is 0 Å². The van der Waals surface area contributed by atoms with Gasteiger partial charge in [0.15, 0.2) is 0 Å². The van der Waals surface area contributed by atoms with Gasteiger partial charge in [-0.2, -0.15) is 15.0 Å². The third kappa shape index (κ3) is 11.2. The van der Waals surface area contributed by atoms with Crippen LogP contribution >= 0.6 is 0 Å². The molecule has 1 amide bonds. The van der Waals surface area contributed by atoms with Crippen molar-refractivity contribution >= 4 is 23.8 Å². The number of amides is 1. The summed E-state index contributed by atoms with van der Waals surface area (Å²) in [5, 5.41) is 12.6. The van der Waals surface area contributed by atoms with E-state index in [-0.39, 0.29) is 11.9 Å². The Morgan fingerprint density at radius 2 is 1.33 bits per heavy atom. The number of nitrogens with one attached hydrogen (secondary N) is 4. The van der Waals surface area contributed by atoms with Crippen molar-refractivity contribution in [3.05, 3.63) is 70.8 Å². The Balaban J connectivity index is 1.50. The molecule has 0 saturated carbocycles. The lowest BCUT2D eigenvalue weighted by Gasteiger charge is -2.13. The second-order valence-electron chi connectivity index (χ2n) is 9.26. The first-order chi connectivity index (χ1) is 18.9. The van der Waals surface area contributed by atoms with Crippen LogP contribution in [-0.4, -0.2) is 66.4 Å². The molecule has 1 aromatic heterocycles. The monoisotopic (exact) mass is 536 g/mol. The molecule has 2 aromatic carbocycles. The summed E-state index contributed by atoms with van der Waals surface area (Å²) >= 11 is 0. The van der Waals surface area contributed by atoms with E-state index >= 15 is 0 Å². The zero-order valence-electron chi connectivity index (χ0n) is 23.0. The highest BCUT2D eigenvalue weighted by atomic mass is 16.5. The molecule has 0 aliphatic heterocycles. The third-order valence-electron chi connectivity index (χ3n) is 5.46. The van der Waals surface area contributed by atoms with E-state index in [1.807, 2.05) is 26.0 Å². The standard InChI is InChI=1S/C28H40N8O3/c1-20(2)33-28-35-26(31-18-22-6-4-21(3)5-7-22)34-27(36-28)32-19-23-8-10-24(11-9-23)25(37)30-13-15-39-17-16-38-14-12-29/h4-11,20H,12-19,29H2,1-3H3,(H,30,37)(H3,31,32,33,34,35,36). The van der Waals surface area contributed by atoms with Gasteiger partial charge in [0.05, 0.1) is 26.4 Å². The van der Waals surface area contributed by atoms with Crippen molar-refractivity contribution in [2.24, 2.45) is 5.73 Å². The van der Waals surface area contributed by atoms with Crippen LogP contribution in [-0.2, 0) is 22.6 Å². The Kier molecular flexibility index (Phi) is 12.4. The minimum atomic E-state index is -0.149. The van der Waals surface area contributed by atoms with Crippen molar-refractivity contribution in [2.75, 3.05) is 55.5 Å². The van der Waals surface area contributed by atoms with Gasteiger partial charge in [-0.15, -0.1) is 0 Å². The Morgan fingerprint density at radius 3 is 1.90 bits per heavy atom. The average molecular weight is 537 g/mol. The SMILES string of the molecule is Cc1ccc(CNc2nc(NCc3ccc(C(=O)NCCOCCOCCN)cc3)nc(NC(C)C)n2)cc1. The molecule has 0 aliphatic rings. The second-order valence-corrected chi connectivity index (χ2v) is 9.26. The molecule has 0 bridgehead atoms. The average Bonchev–Trinajstić information content (AvgIpc) is 2.93. The minimum Gasteiger partial charge on any atom is -0.378 e. The van der Waals surface area contributed by atoms with Gasteiger partial charge in [-0.25, -0.2) is 0 Å². The van der Waals surface area contributed by atoms with Crippen molar-refractivity contribution in [1.29, 1.82) is 0 Å². The van der Waals surface area contributed by atoms with Crippen molar-refractivity contribution in [3.63, 3.8) is 0 Å². The molecule has 6 N–H and O–H groups in total. The van der Waals surface area contributed by atoms with Gasteiger partial charge in [0.1, 0.15) is 0 Å². The van der Waals surface area contributed by atoms with Crippen LogP contribution < -0.4 is 27.0 Å². The van der Waals surface area contributed by atoms with Gasteiger partial charge in [0, 0.05) is 37.8 Å². The summed E-state index contributed by atoms with van der Waals surface area (Å²) in [6.07, 6.45) is 0. The molecular weight excluding hydrogens is 496 g/mol. The van der Waals surface area contributed by atoms with Gasteiger partial charge in [0.2, 0.25) is 17.8 Å². The quantitative estimate of drug-likeness (QED) is 0.163. The molecule has 39 heavy (non-hydrogen) atoms. The van der Waals surface area contributed by atoms with Crippen molar-refractivity contribution < 1.29 is 14.3 Å². The first kappa shape index (κ1) is 29.8. The lowest BCUT2D eigenvalue weighted by molar-refractivity contribution is 0.0511. The molecule has 0 radical (unpaired) electrons. The fraction of sp³-hybridized carbons (Fsp3) is 0.429. The number of nitrogens with zero attached hydrogens (tertiary/aromatic N) is 3. The number of aromatic nitrogens is 3. The van der Waals surface area contributed by atoms with Gasteiger partial charge in [0.25, 0.3) is 5.91 Å². The number of benzene rings is 2. The number of carbonyl (C=O) groups is 1. The molecule has 3 rings (SSSR count). The van der Waals surface area contributed by atoms with Crippen LogP contribution in [0.25, 0.3) is 0 Å². The summed E-state index contributed by atoms with van der Waals surface area (Å²) in [5.74, 6) is 1.28. The molecule has 0 atom stereocenters. The maximum absolute atomic E-state index is 12.4. The zero-order chi connectivity index (χ0) is 27.9. The van der Waals surface area contributed by atoms with Crippen molar-refractivity contribution in [1.82, 2.24) is 20.3 Å². The lowest BCUT2D eigenvalue weighted by atomic mass is 10.1. The van der Waals surface area contributed by atoms with Crippen LogP contribution in [0.3, 0.4) is 0 Å². The smallest absolute Gasteiger partial charge is 0.251 e. The Labute approximate surface area is 230 Å². The first-order valence-electron chi connectivity index (χ1n) is 13.2. The Morgan fingerprint density at radius 1 is 0.795 bits per heavy atom. The molecular formula is C28H40N8O3. The zero-order valence-corrected chi connectivity index (χ0v) is 23.0. The van der Waals surface area contributed by atoms with Crippen molar-refractivity contribution in [2.45, 2.75) is 39.9 Å². The van der Waals surface area contributed by atoms with Crippen LogP contribution in [0.4, 0.5) is 17.8 Å². The first-order valence-corrected chi connectivity index (χ1v) is 13.2. The summed E-state index contributed by atoms with van der Waals surface area (Å²) in [6, 6.07) is 15.9. The number of aryl methyl sites for hydroxylation is 1. The molecule has 11 nitrogen and oxygen atoms in total. The highest BCUT2D eigenvalue weighted by Gasteiger charge is 2.09. The molecule has 1 heterocycles. The van der Waals surface area contributed by atoms with E-state index in [1.165, 1.54) is 5.56 Å². The van der Waals surface area contributed by atoms with E-state index in [0.29, 0.717) is 76.0 Å². The molecule has 0 spiro atoms. The molecule has 0 fully saturated rings. The third-order valence-corrected chi connectivity index (χ3v) is 5.46. The topological polar surface area (TPSA) is 148 Å². The van der Waals surface area contributed by atoms with Gasteiger partial charge in [-0.3, -0.25) is 4.79 Å². The van der Waals surface area contributed by atoms with Crippen LogP contribution in [0, 0.1) is 6.92 Å². The number of nitrogens with two attached hydrogens (primary N) is 1. The molecule has 11 heteroatoms. The number of hydrogen-bond acceptors (Lipinski definition) is 10. The number of carbonyl (C=O) groups excluding carboxylic acids is 1. The van der Waals surface area contributed by atoms with Crippen molar-refractivity contribution in [3.8, 4) is 0 Å². The van der Waals surface area contributed by atoms with Crippen LogP contribution in [0.2, 0.25) is 0 Å². The fourth-order valence-corrected chi connectivity index (χ4v) is 3.44. The normalized spacial score (nSPS) is 10.9. The van der Waals surface area contributed by atoms with E-state index in [4.69, 9.17) is 15.2 Å². The Bertz CT molecular complexity index is 1140. The van der Waals surface area contributed by atoms with Gasteiger partial charge in [-0.1, -0.05) is 42.0 Å². The molecule has 3 aromatic rings. The summed E-state index contributed by atoms with van der Waals surface area (Å²) in [5.41, 5.74) is 9.28. The van der Waals surface area contributed by atoms with Crippen LogP contribution in [0.1, 0.15) is 40.9 Å². The largest absolute Gasteiger partial charge is 0.378 e. The predicted octanol–water partition coefficient (Wildman–Crippen LogP) is 2.95. The number of anilines is 3. The van der Waals surface area contributed by atoms with E-state index in [1.54, 1.807) is 12.1 Å². The molecule has 0 unspecified atom stereocenters. The fourth-order valence-electron chi connectivity index (χ4n) is 3.44. The maximum Gasteiger partial charge on any atom is 0.251 e. The van der Waals surface area contributed by atoms with E-state index in [2.05, 4.69) is 67.4 Å². The number of rotatable bonds is 17. The Hall–Kier alpha value is -3.80. The number of hydrogen-bond donors (Lipinski definition) is 5. The van der Waals surface area contributed by atoms with Gasteiger partial charge in [-0.05, 0) is 44.0 Å². The molecule has 0 aliphatic carbocycles. The summed E-state index contributed by atoms with van der Waals surface area (Å²) in [7, 11) is 0. The predicted molar refractivity (Wildman–Crippen MR) is 154 cm³/mol. The molecule has 210 valence electrons. The highest BCUT2D eigenvalue weighted by molar-refractivity contribution is 5.94. The maximum atomic E-state index is 12.4. The summed E-state index contributed by atoms with van der Waals surface area (Å²) < 4.78 is 10.7. The number of ether oxygens (including phenoxy) is 2. The van der Waals surface area contributed by atoms with Crippen LogP contribution in [0.15, 0.2) is 48.5 Å². The second kappa shape index (κ2) is 16.2. The van der Waals surface area contributed by atoms with Gasteiger partial charge < -0.3 is 36.5 Å².